The summed E-state index contributed by atoms with van der Waals surface area (Å²) in [5.41, 5.74) is 4.03. The summed E-state index contributed by atoms with van der Waals surface area (Å²) in [6, 6.07) is 12.4. The maximum absolute atomic E-state index is 10.1. The summed E-state index contributed by atoms with van der Waals surface area (Å²) < 4.78 is 5.18. The molecule has 0 spiro atoms. The van der Waals surface area contributed by atoms with Crippen molar-refractivity contribution in [2.24, 2.45) is 0 Å². The van der Waals surface area contributed by atoms with Crippen LogP contribution in [0.5, 0.6) is 11.5 Å². The molecule has 0 bridgehead atoms. The second-order valence-corrected chi connectivity index (χ2v) is 5.74. The molecule has 3 rings (SSSR count). The SMILES string of the molecule is [B]c1c(O)c(OC)cc2c1CN(CCc1ccccc1)CC2. The first-order valence-corrected chi connectivity index (χ1v) is 7.62. The fraction of sp³-hybridized carbons (Fsp3) is 0.333. The molecule has 0 saturated heterocycles. The summed E-state index contributed by atoms with van der Waals surface area (Å²) in [7, 11) is 7.64. The fourth-order valence-electron chi connectivity index (χ4n) is 3.03. The number of methoxy groups -OCH3 is 1. The Morgan fingerprint density at radius 3 is 2.77 bits per heavy atom. The van der Waals surface area contributed by atoms with Crippen molar-refractivity contribution in [2.45, 2.75) is 19.4 Å². The van der Waals surface area contributed by atoms with Gasteiger partial charge in [0.25, 0.3) is 0 Å². The number of nitrogens with zero attached hydrogens (tertiary/aromatic N) is 1. The number of hydrogen-bond donors (Lipinski definition) is 1. The zero-order chi connectivity index (χ0) is 15.5. The van der Waals surface area contributed by atoms with E-state index in [0.29, 0.717) is 11.2 Å². The van der Waals surface area contributed by atoms with Gasteiger partial charge < -0.3 is 9.84 Å². The van der Waals surface area contributed by atoms with Crippen molar-refractivity contribution in [3.8, 4) is 11.5 Å². The number of ether oxygens (including phenoxy) is 1. The first-order valence-electron chi connectivity index (χ1n) is 7.62. The maximum Gasteiger partial charge on any atom is 0.160 e. The number of rotatable bonds is 4. The summed E-state index contributed by atoms with van der Waals surface area (Å²) in [6.45, 7) is 2.79. The largest absolute Gasteiger partial charge is 0.505 e. The number of phenolic OH excluding ortho intramolecular Hbond substituents is 1. The molecule has 0 unspecified atom stereocenters. The highest BCUT2D eigenvalue weighted by Gasteiger charge is 2.21. The van der Waals surface area contributed by atoms with Gasteiger partial charge in [0.2, 0.25) is 0 Å². The van der Waals surface area contributed by atoms with Crippen LogP contribution in [0.1, 0.15) is 16.7 Å². The minimum Gasteiger partial charge on any atom is -0.505 e. The number of aromatic hydroxyl groups is 1. The van der Waals surface area contributed by atoms with Gasteiger partial charge in [0, 0.05) is 19.6 Å². The molecule has 0 saturated carbocycles. The second kappa shape index (κ2) is 6.45. The van der Waals surface area contributed by atoms with Crippen LogP contribution in [0.15, 0.2) is 36.4 Å². The van der Waals surface area contributed by atoms with Gasteiger partial charge in [0.05, 0.1) is 7.11 Å². The van der Waals surface area contributed by atoms with Crippen LogP contribution in [-0.4, -0.2) is 38.1 Å². The lowest BCUT2D eigenvalue weighted by atomic mass is 9.83. The van der Waals surface area contributed by atoms with Gasteiger partial charge in [-0.05, 0) is 41.1 Å². The molecule has 3 nitrogen and oxygen atoms in total. The molecule has 0 atom stereocenters. The number of fused-ring (bicyclic) bond motifs is 1. The van der Waals surface area contributed by atoms with E-state index in [-0.39, 0.29) is 5.75 Å². The van der Waals surface area contributed by atoms with Crippen LogP contribution in [0.4, 0.5) is 0 Å². The van der Waals surface area contributed by atoms with Gasteiger partial charge in [-0.2, -0.15) is 0 Å². The Labute approximate surface area is 132 Å². The molecule has 1 N–H and O–H groups in total. The van der Waals surface area contributed by atoms with E-state index in [1.54, 1.807) is 7.11 Å². The predicted molar refractivity (Wildman–Crippen MR) is 89.2 cm³/mol. The van der Waals surface area contributed by atoms with Crippen molar-refractivity contribution in [1.29, 1.82) is 0 Å². The smallest absolute Gasteiger partial charge is 0.160 e. The summed E-state index contributed by atoms with van der Waals surface area (Å²) in [5.74, 6) is 0.528. The molecule has 0 aliphatic carbocycles. The van der Waals surface area contributed by atoms with E-state index in [0.717, 1.165) is 38.0 Å². The first-order chi connectivity index (χ1) is 10.7. The minimum absolute atomic E-state index is 0.0613. The molecule has 1 aliphatic rings. The minimum atomic E-state index is 0.0613. The second-order valence-electron chi connectivity index (χ2n) is 5.74. The molecule has 2 radical (unpaired) electrons. The van der Waals surface area contributed by atoms with Crippen molar-refractivity contribution in [3.05, 3.63) is 53.1 Å². The summed E-state index contributed by atoms with van der Waals surface area (Å²) in [5, 5.41) is 10.1. The Bertz CT molecular complexity index is 658. The van der Waals surface area contributed by atoms with Gasteiger partial charge in [0.1, 0.15) is 7.85 Å². The Morgan fingerprint density at radius 1 is 1.27 bits per heavy atom. The summed E-state index contributed by atoms with van der Waals surface area (Å²) >= 11 is 0. The molecule has 1 aliphatic heterocycles. The van der Waals surface area contributed by atoms with E-state index in [1.165, 1.54) is 11.1 Å². The van der Waals surface area contributed by atoms with E-state index >= 15 is 0 Å². The van der Waals surface area contributed by atoms with Gasteiger partial charge in [0.15, 0.2) is 11.5 Å². The van der Waals surface area contributed by atoms with Gasteiger partial charge in [-0.25, -0.2) is 0 Å². The Balaban J connectivity index is 1.72. The molecule has 0 amide bonds. The molecular weight excluding hydrogens is 273 g/mol. The average molecular weight is 293 g/mol. The van der Waals surface area contributed by atoms with Crippen molar-refractivity contribution in [3.63, 3.8) is 0 Å². The van der Waals surface area contributed by atoms with E-state index in [9.17, 15) is 5.11 Å². The van der Waals surface area contributed by atoms with Crippen molar-refractivity contribution in [2.75, 3.05) is 20.2 Å². The first kappa shape index (κ1) is 15.0. The van der Waals surface area contributed by atoms with Gasteiger partial charge in [-0.1, -0.05) is 30.3 Å². The molecule has 0 aromatic heterocycles. The molecule has 4 heteroatoms. The van der Waals surface area contributed by atoms with E-state index in [4.69, 9.17) is 12.6 Å². The number of hydrogen-bond acceptors (Lipinski definition) is 3. The molecular formula is C18H20BNO2. The average Bonchev–Trinajstić information content (AvgIpc) is 2.57. The predicted octanol–water partition coefficient (Wildman–Crippen LogP) is 1.80. The third kappa shape index (κ3) is 2.97. The third-order valence-corrected chi connectivity index (χ3v) is 4.37. The van der Waals surface area contributed by atoms with Crippen LogP contribution in [0, 0.1) is 0 Å². The lowest BCUT2D eigenvalue weighted by Crippen LogP contribution is -2.35. The van der Waals surface area contributed by atoms with Crippen LogP contribution in [0.2, 0.25) is 0 Å². The Morgan fingerprint density at radius 2 is 2.05 bits per heavy atom. The molecule has 112 valence electrons. The molecule has 22 heavy (non-hydrogen) atoms. The van der Waals surface area contributed by atoms with Crippen LogP contribution < -0.4 is 10.2 Å². The number of phenols is 1. The summed E-state index contributed by atoms with van der Waals surface area (Å²) in [6.07, 6.45) is 1.96. The third-order valence-electron chi connectivity index (χ3n) is 4.37. The van der Waals surface area contributed by atoms with Crippen LogP contribution in [-0.2, 0) is 19.4 Å². The monoisotopic (exact) mass is 293 g/mol. The Kier molecular flexibility index (Phi) is 4.39. The normalized spacial score (nSPS) is 14.6. The number of benzene rings is 2. The van der Waals surface area contributed by atoms with Crippen LogP contribution in [0.25, 0.3) is 0 Å². The Hall–Kier alpha value is -1.94. The van der Waals surface area contributed by atoms with Gasteiger partial charge in [-0.3, -0.25) is 4.90 Å². The topological polar surface area (TPSA) is 32.7 Å². The molecule has 1 heterocycles. The van der Waals surface area contributed by atoms with E-state index in [1.807, 2.05) is 12.1 Å². The van der Waals surface area contributed by atoms with Crippen molar-refractivity contribution < 1.29 is 9.84 Å². The van der Waals surface area contributed by atoms with Crippen molar-refractivity contribution in [1.82, 2.24) is 4.90 Å². The lowest BCUT2D eigenvalue weighted by molar-refractivity contribution is 0.257. The lowest BCUT2D eigenvalue weighted by Gasteiger charge is -2.31. The highest BCUT2D eigenvalue weighted by atomic mass is 16.5. The zero-order valence-electron chi connectivity index (χ0n) is 12.9. The standard InChI is InChI=1S/C18H20BNO2/c1-22-16-11-14-8-10-20(12-15(14)17(19)18(16)21)9-7-13-5-3-2-4-6-13/h2-6,11,21H,7-10,12H2,1H3. The fourth-order valence-corrected chi connectivity index (χ4v) is 3.03. The highest BCUT2D eigenvalue weighted by molar-refractivity contribution is 6.35. The van der Waals surface area contributed by atoms with E-state index in [2.05, 4.69) is 29.2 Å². The molecule has 0 fully saturated rings. The quantitative estimate of drug-likeness (QED) is 0.873. The van der Waals surface area contributed by atoms with E-state index < -0.39 is 0 Å². The van der Waals surface area contributed by atoms with Gasteiger partial charge in [-0.15, -0.1) is 0 Å². The van der Waals surface area contributed by atoms with Gasteiger partial charge >= 0.3 is 0 Å². The van der Waals surface area contributed by atoms with Crippen LogP contribution >= 0.6 is 0 Å². The zero-order valence-corrected chi connectivity index (χ0v) is 12.9. The summed E-state index contributed by atoms with van der Waals surface area (Å²) in [4.78, 5) is 2.39. The highest BCUT2D eigenvalue weighted by Crippen LogP contribution is 2.30. The van der Waals surface area contributed by atoms with Crippen LogP contribution in [0.3, 0.4) is 0 Å². The van der Waals surface area contributed by atoms with Crippen molar-refractivity contribution >= 4 is 13.3 Å². The molecule has 2 aromatic carbocycles. The molecule has 2 aromatic rings. The maximum atomic E-state index is 10.1.